The topological polar surface area (TPSA) is 49.4 Å². The van der Waals surface area contributed by atoms with Gasteiger partial charge in [0, 0.05) is 11.0 Å². The monoisotopic (exact) mass is 394 g/mol. The summed E-state index contributed by atoms with van der Waals surface area (Å²) in [6, 6.07) is 4.64. The first-order chi connectivity index (χ1) is 9.92. The van der Waals surface area contributed by atoms with Gasteiger partial charge in [0.1, 0.15) is 0 Å². The van der Waals surface area contributed by atoms with Gasteiger partial charge in [0.25, 0.3) is 0 Å². The van der Waals surface area contributed by atoms with Gasteiger partial charge in [-0.25, -0.2) is 13.1 Å². The molecule has 0 bridgehead atoms. The van der Waals surface area contributed by atoms with Crippen LogP contribution >= 0.6 is 27.5 Å². The normalized spacial score (nSPS) is 18.0. The number of nitrogens with one attached hydrogen (secondary N) is 1. The Bertz CT molecular complexity index is 587. The zero-order valence-electron chi connectivity index (χ0n) is 12.0. The third-order valence-corrected chi connectivity index (χ3v) is 6.55. The number of hydrogen-bond acceptors (Lipinski definition) is 3. The Morgan fingerprint density at radius 2 is 2.05 bits per heavy atom. The van der Waals surface area contributed by atoms with E-state index >= 15 is 0 Å². The number of rotatable bonds is 5. The van der Waals surface area contributed by atoms with Gasteiger partial charge in [-0.2, -0.15) is 0 Å². The third-order valence-electron chi connectivity index (χ3n) is 3.92. The van der Waals surface area contributed by atoms with Crippen LogP contribution in [0.15, 0.2) is 27.6 Å². The van der Waals surface area contributed by atoms with E-state index < -0.39 is 10.0 Å². The molecule has 0 aliphatic carbocycles. The van der Waals surface area contributed by atoms with E-state index in [1.54, 1.807) is 6.07 Å². The molecule has 0 unspecified atom stereocenters. The summed E-state index contributed by atoms with van der Waals surface area (Å²) in [5, 5.41) is 0.501. The van der Waals surface area contributed by atoms with E-state index in [9.17, 15) is 8.42 Å². The molecule has 1 fully saturated rings. The minimum atomic E-state index is -3.47. The lowest BCUT2D eigenvalue weighted by Crippen LogP contribution is -2.38. The minimum absolute atomic E-state index is 0.241. The maximum absolute atomic E-state index is 12.3. The fraction of sp³-hybridized carbons (Fsp3) is 0.571. The van der Waals surface area contributed by atoms with E-state index in [0.717, 1.165) is 32.5 Å². The standard InChI is InChI=1S/C14H20BrClN2O2S/c1-2-18-7-5-11(6-8-18)10-17-21(19,20)12-3-4-14(16)13(15)9-12/h3-4,9,11,17H,2,5-8,10H2,1H3. The first-order valence-electron chi connectivity index (χ1n) is 7.09. The number of nitrogens with zero attached hydrogens (tertiary/aromatic N) is 1. The lowest BCUT2D eigenvalue weighted by molar-refractivity contribution is 0.194. The Balaban J connectivity index is 1.94. The van der Waals surface area contributed by atoms with Crippen LogP contribution in [0.4, 0.5) is 0 Å². The molecule has 7 heteroatoms. The van der Waals surface area contributed by atoms with Crippen molar-refractivity contribution in [2.75, 3.05) is 26.2 Å². The van der Waals surface area contributed by atoms with Crippen LogP contribution in [-0.4, -0.2) is 39.5 Å². The number of benzene rings is 1. The summed E-state index contributed by atoms with van der Waals surface area (Å²) in [4.78, 5) is 2.63. The average molecular weight is 396 g/mol. The maximum atomic E-state index is 12.3. The van der Waals surface area contributed by atoms with Crippen molar-refractivity contribution < 1.29 is 8.42 Å². The van der Waals surface area contributed by atoms with Crippen molar-refractivity contribution in [3.63, 3.8) is 0 Å². The van der Waals surface area contributed by atoms with Crippen LogP contribution in [0.5, 0.6) is 0 Å². The van der Waals surface area contributed by atoms with E-state index in [4.69, 9.17) is 11.6 Å². The molecule has 0 saturated carbocycles. The lowest BCUT2D eigenvalue weighted by atomic mass is 9.97. The molecule has 4 nitrogen and oxygen atoms in total. The Kier molecular flexibility index (Phi) is 6.08. The number of sulfonamides is 1. The minimum Gasteiger partial charge on any atom is -0.304 e. The molecule has 1 aromatic carbocycles. The van der Waals surface area contributed by atoms with E-state index in [1.165, 1.54) is 12.1 Å². The first kappa shape index (κ1) is 17.2. The fourth-order valence-corrected chi connectivity index (χ4v) is 4.25. The lowest BCUT2D eigenvalue weighted by Gasteiger charge is -2.30. The molecular weight excluding hydrogens is 376 g/mol. The van der Waals surface area contributed by atoms with Crippen molar-refractivity contribution in [3.8, 4) is 0 Å². The molecule has 0 aromatic heterocycles. The largest absolute Gasteiger partial charge is 0.304 e. The molecule has 2 rings (SSSR count). The number of likely N-dealkylation sites (tertiary alicyclic amines) is 1. The molecule has 0 atom stereocenters. The second-order valence-electron chi connectivity index (χ2n) is 5.31. The van der Waals surface area contributed by atoms with Crippen molar-refractivity contribution in [2.24, 2.45) is 5.92 Å². The maximum Gasteiger partial charge on any atom is 0.240 e. The van der Waals surface area contributed by atoms with Crippen molar-refractivity contribution >= 4 is 37.6 Å². The Labute approximate surface area is 140 Å². The van der Waals surface area contributed by atoms with Crippen LogP contribution in [0.2, 0.25) is 5.02 Å². The third kappa shape index (κ3) is 4.66. The summed E-state index contributed by atoms with van der Waals surface area (Å²) in [6.45, 7) is 5.82. The number of halogens is 2. The Morgan fingerprint density at radius 3 is 2.62 bits per heavy atom. The highest BCUT2D eigenvalue weighted by Crippen LogP contribution is 2.25. The first-order valence-corrected chi connectivity index (χ1v) is 9.75. The molecule has 1 saturated heterocycles. The van der Waals surface area contributed by atoms with Crippen molar-refractivity contribution in [1.82, 2.24) is 9.62 Å². The van der Waals surface area contributed by atoms with Gasteiger partial charge in [-0.1, -0.05) is 18.5 Å². The highest BCUT2D eigenvalue weighted by Gasteiger charge is 2.21. The molecule has 1 aliphatic rings. The van der Waals surface area contributed by atoms with E-state index in [-0.39, 0.29) is 4.90 Å². The van der Waals surface area contributed by atoms with Gasteiger partial charge >= 0.3 is 0 Å². The molecular formula is C14H20BrClN2O2S. The number of piperidine rings is 1. The van der Waals surface area contributed by atoms with Crippen molar-refractivity contribution in [2.45, 2.75) is 24.7 Å². The highest BCUT2D eigenvalue weighted by molar-refractivity contribution is 9.10. The summed E-state index contributed by atoms with van der Waals surface area (Å²) in [7, 11) is -3.47. The zero-order valence-corrected chi connectivity index (χ0v) is 15.1. The number of hydrogen-bond donors (Lipinski definition) is 1. The zero-order chi connectivity index (χ0) is 15.5. The fourth-order valence-electron chi connectivity index (χ4n) is 2.46. The Morgan fingerprint density at radius 1 is 1.38 bits per heavy atom. The van der Waals surface area contributed by atoms with Gasteiger partial charge in [-0.3, -0.25) is 0 Å². The van der Waals surface area contributed by atoms with Crippen LogP contribution in [0.25, 0.3) is 0 Å². The predicted octanol–water partition coefficient (Wildman–Crippen LogP) is 3.11. The van der Waals surface area contributed by atoms with E-state index in [2.05, 4.69) is 32.5 Å². The molecule has 21 heavy (non-hydrogen) atoms. The van der Waals surface area contributed by atoms with Gasteiger partial charge in [0.15, 0.2) is 0 Å². The highest BCUT2D eigenvalue weighted by atomic mass is 79.9. The summed E-state index contributed by atoms with van der Waals surface area (Å²) in [5.74, 6) is 0.415. The second-order valence-corrected chi connectivity index (χ2v) is 8.33. The molecule has 0 amide bonds. The van der Waals surface area contributed by atoms with Gasteiger partial charge in [0.2, 0.25) is 10.0 Å². The van der Waals surface area contributed by atoms with Crippen LogP contribution in [0, 0.1) is 5.92 Å². The van der Waals surface area contributed by atoms with Crippen molar-refractivity contribution in [1.29, 1.82) is 0 Å². The predicted molar refractivity (Wildman–Crippen MR) is 89.2 cm³/mol. The van der Waals surface area contributed by atoms with Gasteiger partial charge in [-0.15, -0.1) is 0 Å². The molecule has 0 radical (unpaired) electrons. The van der Waals surface area contributed by atoms with Crippen LogP contribution in [0.1, 0.15) is 19.8 Å². The molecule has 1 aromatic rings. The van der Waals surface area contributed by atoms with Gasteiger partial charge in [0.05, 0.1) is 9.92 Å². The van der Waals surface area contributed by atoms with Crippen LogP contribution < -0.4 is 4.72 Å². The molecule has 1 heterocycles. The quantitative estimate of drug-likeness (QED) is 0.833. The molecule has 1 N–H and O–H groups in total. The summed E-state index contributed by atoms with van der Waals surface area (Å²) < 4.78 is 27.8. The molecule has 0 spiro atoms. The smallest absolute Gasteiger partial charge is 0.240 e. The molecule has 118 valence electrons. The van der Waals surface area contributed by atoms with Gasteiger partial charge < -0.3 is 4.90 Å². The van der Waals surface area contributed by atoms with E-state index in [1.807, 2.05) is 0 Å². The summed E-state index contributed by atoms with van der Waals surface area (Å²) in [6.07, 6.45) is 2.08. The van der Waals surface area contributed by atoms with Gasteiger partial charge in [-0.05, 0) is 72.5 Å². The Hall–Kier alpha value is -0.140. The second kappa shape index (κ2) is 7.42. The summed E-state index contributed by atoms with van der Waals surface area (Å²) >= 11 is 9.14. The molecule has 1 aliphatic heterocycles. The van der Waals surface area contributed by atoms with Crippen molar-refractivity contribution in [3.05, 3.63) is 27.7 Å². The van der Waals surface area contributed by atoms with Crippen LogP contribution in [-0.2, 0) is 10.0 Å². The van der Waals surface area contributed by atoms with Crippen LogP contribution in [0.3, 0.4) is 0 Å². The SMILES string of the molecule is CCN1CCC(CNS(=O)(=O)c2ccc(Cl)c(Br)c2)CC1. The van der Waals surface area contributed by atoms with E-state index in [0.29, 0.717) is 22.0 Å². The average Bonchev–Trinajstić information content (AvgIpc) is 2.48. The summed E-state index contributed by atoms with van der Waals surface area (Å²) in [5.41, 5.74) is 0.